The van der Waals surface area contributed by atoms with Crippen LogP contribution in [0.5, 0.6) is 0 Å². The predicted molar refractivity (Wildman–Crippen MR) is 75.3 cm³/mol. The molecule has 0 unspecified atom stereocenters. The van der Waals surface area contributed by atoms with Gasteiger partial charge in [0.1, 0.15) is 0 Å². The van der Waals surface area contributed by atoms with Gasteiger partial charge in [0.05, 0.1) is 16.8 Å². The van der Waals surface area contributed by atoms with E-state index in [-0.39, 0.29) is 16.8 Å². The van der Waals surface area contributed by atoms with Gasteiger partial charge in [-0.3, -0.25) is 4.79 Å². The number of anilines is 1. The van der Waals surface area contributed by atoms with Crippen LogP contribution in [0.2, 0.25) is 0 Å². The molecule has 0 spiro atoms. The summed E-state index contributed by atoms with van der Waals surface area (Å²) in [7, 11) is 0. The molecule has 0 aliphatic heterocycles. The maximum atomic E-state index is 13.1. The van der Waals surface area contributed by atoms with Crippen LogP contribution in [0.25, 0.3) is 0 Å². The molecule has 1 amide bonds. The third-order valence-electron chi connectivity index (χ3n) is 3.58. The Kier molecular flexibility index (Phi) is 4.16. The molecule has 0 heterocycles. The van der Waals surface area contributed by atoms with Gasteiger partial charge >= 0.3 is 6.18 Å². The van der Waals surface area contributed by atoms with Crippen molar-refractivity contribution in [2.75, 3.05) is 11.9 Å². The number of para-hydroxylation sites is 1. The van der Waals surface area contributed by atoms with E-state index < -0.39 is 17.6 Å². The molecular formula is C15H19F3N2O. The first-order valence-corrected chi connectivity index (χ1v) is 7.03. The zero-order valence-electron chi connectivity index (χ0n) is 12.1. The Labute approximate surface area is 121 Å². The number of hydrogen-bond acceptors (Lipinski definition) is 2. The summed E-state index contributed by atoms with van der Waals surface area (Å²) in [5.41, 5.74) is -1.16. The van der Waals surface area contributed by atoms with Gasteiger partial charge in [-0.15, -0.1) is 0 Å². The summed E-state index contributed by atoms with van der Waals surface area (Å²) in [6, 6.07) is 3.69. The maximum absolute atomic E-state index is 13.1. The molecule has 6 heteroatoms. The molecule has 1 saturated carbocycles. The second-order valence-electron chi connectivity index (χ2n) is 5.67. The Morgan fingerprint density at radius 3 is 2.52 bits per heavy atom. The second kappa shape index (κ2) is 5.58. The summed E-state index contributed by atoms with van der Waals surface area (Å²) < 4.78 is 39.3. The highest BCUT2D eigenvalue weighted by Crippen LogP contribution is 2.38. The summed E-state index contributed by atoms with van der Waals surface area (Å²) in [4.78, 5) is 12.2. The largest absolute Gasteiger partial charge is 0.418 e. The van der Waals surface area contributed by atoms with E-state index in [2.05, 4.69) is 10.6 Å². The number of benzene rings is 1. The highest BCUT2D eigenvalue weighted by Gasteiger charge is 2.40. The van der Waals surface area contributed by atoms with Crippen LogP contribution in [0.4, 0.5) is 18.9 Å². The molecule has 1 aromatic carbocycles. The van der Waals surface area contributed by atoms with Gasteiger partial charge in [-0.2, -0.15) is 13.2 Å². The van der Waals surface area contributed by atoms with Crippen molar-refractivity contribution in [3.05, 3.63) is 29.3 Å². The van der Waals surface area contributed by atoms with Crippen molar-refractivity contribution in [2.24, 2.45) is 0 Å². The molecule has 0 bridgehead atoms. The molecule has 0 atom stereocenters. The predicted octanol–water partition coefficient (Wildman–Crippen LogP) is 3.81. The highest BCUT2D eigenvalue weighted by molar-refractivity contribution is 6.01. The first-order chi connectivity index (χ1) is 9.77. The van der Waals surface area contributed by atoms with E-state index in [1.807, 2.05) is 13.8 Å². The Morgan fingerprint density at radius 2 is 2.00 bits per heavy atom. The molecule has 1 aliphatic carbocycles. The first-order valence-electron chi connectivity index (χ1n) is 7.03. The average molecular weight is 300 g/mol. The van der Waals surface area contributed by atoms with Crippen LogP contribution >= 0.6 is 0 Å². The number of halogens is 3. The molecule has 1 aliphatic rings. The smallest absolute Gasteiger partial charge is 0.384 e. The average Bonchev–Trinajstić information content (AvgIpc) is 3.12. The minimum absolute atomic E-state index is 0.0476. The van der Waals surface area contributed by atoms with Crippen LogP contribution in [-0.2, 0) is 6.18 Å². The van der Waals surface area contributed by atoms with Crippen LogP contribution in [0.1, 0.15) is 49.0 Å². The summed E-state index contributed by atoms with van der Waals surface area (Å²) in [5, 5.41) is 5.54. The van der Waals surface area contributed by atoms with E-state index in [4.69, 9.17) is 0 Å². The third-order valence-corrected chi connectivity index (χ3v) is 3.58. The lowest BCUT2D eigenvalue weighted by atomic mass is 10.0. The van der Waals surface area contributed by atoms with Crippen molar-refractivity contribution >= 4 is 11.6 Å². The Hall–Kier alpha value is -1.72. The normalized spacial score (nSPS) is 16.4. The van der Waals surface area contributed by atoms with Gasteiger partial charge in [-0.05, 0) is 38.3 Å². The van der Waals surface area contributed by atoms with Crippen molar-refractivity contribution in [1.29, 1.82) is 0 Å². The van der Waals surface area contributed by atoms with Crippen LogP contribution in [0.3, 0.4) is 0 Å². The van der Waals surface area contributed by atoms with Gasteiger partial charge in [-0.1, -0.05) is 13.0 Å². The molecule has 1 aromatic rings. The van der Waals surface area contributed by atoms with E-state index in [0.717, 1.165) is 18.9 Å². The highest BCUT2D eigenvalue weighted by atomic mass is 19.4. The molecule has 116 valence electrons. The lowest BCUT2D eigenvalue weighted by Crippen LogP contribution is -2.35. The van der Waals surface area contributed by atoms with Crippen molar-refractivity contribution in [2.45, 2.75) is 44.8 Å². The van der Waals surface area contributed by atoms with Crippen molar-refractivity contribution in [3.8, 4) is 0 Å². The Balaban J connectivity index is 2.36. The standard InChI is InChI=1S/C15H19F3N2O/c1-3-9-19-12-10(13(21)20-14(2)7-8-14)5-4-6-11(12)15(16,17)18/h4-6,19H,3,7-9H2,1-2H3,(H,20,21). The van der Waals surface area contributed by atoms with Gasteiger partial charge in [0.25, 0.3) is 5.91 Å². The lowest BCUT2D eigenvalue weighted by Gasteiger charge is -2.19. The fourth-order valence-electron chi connectivity index (χ4n) is 2.07. The van der Waals surface area contributed by atoms with E-state index in [9.17, 15) is 18.0 Å². The number of carbonyl (C=O) groups excluding carboxylic acids is 1. The number of carbonyl (C=O) groups is 1. The molecule has 1 fully saturated rings. The molecule has 0 radical (unpaired) electrons. The molecule has 3 nitrogen and oxygen atoms in total. The summed E-state index contributed by atoms with van der Waals surface area (Å²) in [6.07, 6.45) is -2.11. The summed E-state index contributed by atoms with van der Waals surface area (Å²) in [5.74, 6) is -0.459. The minimum atomic E-state index is -4.49. The van der Waals surface area contributed by atoms with Crippen molar-refractivity contribution in [3.63, 3.8) is 0 Å². The van der Waals surface area contributed by atoms with Gasteiger partial charge in [-0.25, -0.2) is 0 Å². The van der Waals surface area contributed by atoms with Crippen molar-refractivity contribution in [1.82, 2.24) is 5.32 Å². The molecular weight excluding hydrogens is 281 g/mol. The van der Waals surface area contributed by atoms with Gasteiger partial charge in [0, 0.05) is 12.1 Å². The maximum Gasteiger partial charge on any atom is 0.418 e. The zero-order valence-corrected chi connectivity index (χ0v) is 12.1. The Bertz CT molecular complexity index is 536. The van der Waals surface area contributed by atoms with E-state index in [1.165, 1.54) is 12.1 Å². The van der Waals surface area contributed by atoms with Gasteiger partial charge in [0.2, 0.25) is 0 Å². The molecule has 0 aromatic heterocycles. The number of rotatable bonds is 5. The lowest BCUT2D eigenvalue weighted by molar-refractivity contribution is -0.137. The molecule has 21 heavy (non-hydrogen) atoms. The quantitative estimate of drug-likeness (QED) is 0.868. The third kappa shape index (κ3) is 3.68. The van der Waals surface area contributed by atoms with Gasteiger partial charge in [0.15, 0.2) is 0 Å². The Morgan fingerprint density at radius 1 is 1.33 bits per heavy atom. The minimum Gasteiger partial charge on any atom is -0.384 e. The number of hydrogen-bond donors (Lipinski definition) is 2. The zero-order chi connectivity index (χ0) is 15.7. The van der Waals surface area contributed by atoms with E-state index in [0.29, 0.717) is 13.0 Å². The topological polar surface area (TPSA) is 41.1 Å². The van der Waals surface area contributed by atoms with Crippen LogP contribution in [0.15, 0.2) is 18.2 Å². The fraction of sp³-hybridized carbons (Fsp3) is 0.533. The summed E-state index contributed by atoms with van der Waals surface area (Å²) >= 11 is 0. The molecule has 2 N–H and O–H groups in total. The van der Waals surface area contributed by atoms with E-state index >= 15 is 0 Å². The monoisotopic (exact) mass is 300 g/mol. The SMILES string of the molecule is CCCNc1c(C(=O)NC2(C)CC2)cccc1C(F)(F)F. The first kappa shape index (κ1) is 15.7. The number of alkyl halides is 3. The second-order valence-corrected chi connectivity index (χ2v) is 5.67. The number of amides is 1. The van der Waals surface area contributed by atoms with Gasteiger partial charge < -0.3 is 10.6 Å². The number of nitrogens with one attached hydrogen (secondary N) is 2. The fourth-order valence-corrected chi connectivity index (χ4v) is 2.07. The van der Waals surface area contributed by atoms with Crippen molar-refractivity contribution < 1.29 is 18.0 Å². The van der Waals surface area contributed by atoms with Crippen LogP contribution in [-0.4, -0.2) is 18.0 Å². The van der Waals surface area contributed by atoms with E-state index in [1.54, 1.807) is 0 Å². The van der Waals surface area contributed by atoms with Crippen LogP contribution in [0, 0.1) is 0 Å². The molecule has 2 rings (SSSR count). The van der Waals surface area contributed by atoms with Crippen LogP contribution < -0.4 is 10.6 Å². The summed E-state index contributed by atoms with van der Waals surface area (Å²) in [6.45, 7) is 4.12. The molecule has 0 saturated heterocycles.